The van der Waals surface area contributed by atoms with E-state index in [2.05, 4.69) is 31.2 Å². The van der Waals surface area contributed by atoms with Crippen molar-refractivity contribution in [1.82, 2.24) is 0 Å². The Morgan fingerprint density at radius 3 is 2.25 bits per heavy atom. The first kappa shape index (κ1) is 14.5. The van der Waals surface area contributed by atoms with Crippen molar-refractivity contribution in [3.63, 3.8) is 0 Å². The summed E-state index contributed by atoms with van der Waals surface area (Å²) in [6.45, 7) is 2.07. The van der Waals surface area contributed by atoms with E-state index < -0.39 is 0 Å². The van der Waals surface area contributed by atoms with Gasteiger partial charge >= 0.3 is 0 Å². The second kappa shape index (κ2) is 5.82. The van der Waals surface area contributed by atoms with Crippen LogP contribution in [0.5, 0.6) is 0 Å². The van der Waals surface area contributed by atoms with Crippen molar-refractivity contribution in [1.29, 1.82) is 0 Å². The Morgan fingerprint density at radius 2 is 1.50 bits per heavy atom. The molecule has 0 radical (unpaired) electrons. The molecule has 2 nitrogen and oxygen atoms in total. The van der Waals surface area contributed by atoms with Gasteiger partial charge in [0.15, 0.2) is 0 Å². The van der Waals surface area contributed by atoms with E-state index in [0.717, 1.165) is 28.1 Å². The summed E-state index contributed by atoms with van der Waals surface area (Å²) in [6, 6.07) is 25.9. The van der Waals surface area contributed by atoms with Crippen molar-refractivity contribution in [2.45, 2.75) is 6.92 Å². The summed E-state index contributed by atoms with van der Waals surface area (Å²) in [4.78, 5) is 14.7. The zero-order chi connectivity index (χ0) is 16.5. The number of carbonyl (C=O) groups excluding carboxylic acids is 1. The van der Waals surface area contributed by atoms with Gasteiger partial charge in [-0.1, -0.05) is 66.2 Å². The van der Waals surface area contributed by atoms with Crippen molar-refractivity contribution >= 4 is 23.4 Å². The summed E-state index contributed by atoms with van der Waals surface area (Å²) in [6.07, 6.45) is 2.09. The molecule has 4 rings (SSSR count). The van der Waals surface area contributed by atoms with E-state index in [0.29, 0.717) is 0 Å². The molecule has 0 spiro atoms. The Morgan fingerprint density at radius 1 is 0.792 bits per heavy atom. The number of rotatable bonds is 2. The first-order valence-corrected chi connectivity index (χ1v) is 8.01. The highest BCUT2D eigenvalue weighted by atomic mass is 16.2. The quantitative estimate of drug-likeness (QED) is 0.640. The number of anilines is 1. The van der Waals surface area contributed by atoms with Crippen LogP contribution in [0.3, 0.4) is 0 Å². The maximum Gasteiger partial charge on any atom is 0.263 e. The molecule has 24 heavy (non-hydrogen) atoms. The number of hydrogen-bond acceptors (Lipinski definition) is 1. The highest BCUT2D eigenvalue weighted by molar-refractivity contribution is 6.24. The minimum atomic E-state index is 0.0238. The lowest BCUT2D eigenvalue weighted by Crippen LogP contribution is -2.22. The molecular formula is C22H17NO. The van der Waals surface area contributed by atoms with Gasteiger partial charge in [0.1, 0.15) is 0 Å². The van der Waals surface area contributed by atoms with E-state index >= 15 is 0 Å². The molecule has 0 unspecified atom stereocenters. The van der Waals surface area contributed by atoms with Crippen LogP contribution in [0, 0.1) is 6.92 Å². The van der Waals surface area contributed by atoms with E-state index in [1.54, 1.807) is 4.90 Å². The van der Waals surface area contributed by atoms with Crippen molar-refractivity contribution in [3.05, 3.63) is 101 Å². The molecule has 0 saturated carbocycles. The minimum absolute atomic E-state index is 0.0238. The van der Waals surface area contributed by atoms with Gasteiger partial charge in [-0.3, -0.25) is 9.69 Å². The fourth-order valence-corrected chi connectivity index (χ4v) is 3.14. The highest BCUT2D eigenvalue weighted by Crippen LogP contribution is 2.37. The lowest BCUT2D eigenvalue weighted by Gasteiger charge is -2.18. The maximum absolute atomic E-state index is 12.9. The van der Waals surface area contributed by atoms with Gasteiger partial charge in [-0.2, -0.15) is 0 Å². The average molecular weight is 311 g/mol. The SMILES string of the molecule is Cc1cccc(C=C2c3ccccc3C(=O)N2c2ccccc2)c1. The van der Waals surface area contributed by atoms with E-state index in [4.69, 9.17) is 0 Å². The molecule has 116 valence electrons. The van der Waals surface area contributed by atoms with Crippen LogP contribution in [0.15, 0.2) is 78.9 Å². The molecule has 0 N–H and O–H groups in total. The third-order valence-electron chi connectivity index (χ3n) is 4.24. The van der Waals surface area contributed by atoms with Crippen LogP contribution in [0.2, 0.25) is 0 Å². The predicted molar refractivity (Wildman–Crippen MR) is 98.7 cm³/mol. The monoisotopic (exact) mass is 311 g/mol. The number of amides is 1. The Balaban J connectivity index is 1.91. The molecule has 3 aromatic rings. The number of fused-ring (bicyclic) bond motifs is 1. The molecule has 0 aromatic heterocycles. The second-order valence-electron chi connectivity index (χ2n) is 5.97. The molecular weight excluding hydrogens is 294 g/mol. The number of nitrogens with zero attached hydrogens (tertiary/aromatic N) is 1. The summed E-state index contributed by atoms with van der Waals surface area (Å²) in [5, 5.41) is 0. The van der Waals surface area contributed by atoms with Crippen molar-refractivity contribution in [2.75, 3.05) is 4.90 Å². The van der Waals surface area contributed by atoms with Crippen LogP contribution in [0.1, 0.15) is 27.0 Å². The number of carbonyl (C=O) groups is 1. The third kappa shape index (κ3) is 2.42. The van der Waals surface area contributed by atoms with Gasteiger partial charge < -0.3 is 0 Å². The van der Waals surface area contributed by atoms with Crippen molar-refractivity contribution in [2.24, 2.45) is 0 Å². The van der Waals surface area contributed by atoms with Gasteiger partial charge in [-0.05, 0) is 36.8 Å². The van der Waals surface area contributed by atoms with Gasteiger partial charge in [0.05, 0.1) is 5.70 Å². The molecule has 1 heterocycles. The minimum Gasteiger partial charge on any atom is -0.276 e. The van der Waals surface area contributed by atoms with Gasteiger partial charge in [0, 0.05) is 16.8 Å². The smallest absolute Gasteiger partial charge is 0.263 e. The lowest BCUT2D eigenvalue weighted by molar-refractivity contribution is 0.101. The maximum atomic E-state index is 12.9. The summed E-state index contributed by atoms with van der Waals surface area (Å²) in [5.74, 6) is 0.0238. The molecule has 0 bridgehead atoms. The van der Waals surface area contributed by atoms with Crippen LogP contribution < -0.4 is 4.90 Å². The molecule has 1 aliphatic heterocycles. The topological polar surface area (TPSA) is 20.3 Å². The zero-order valence-electron chi connectivity index (χ0n) is 13.4. The Kier molecular flexibility index (Phi) is 3.51. The fourth-order valence-electron chi connectivity index (χ4n) is 3.14. The first-order chi connectivity index (χ1) is 11.7. The van der Waals surface area contributed by atoms with E-state index in [9.17, 15) is 4.79 Å². The molecule has 0 aliphatic carbocycles. The zero-order valence-corrected chi connectivity index (χ0v) is 13.4. The molecule has 3 aromatic carbocycles. The van der Waals surface area contributed by atoms with E-state index in [1.165, 1.54) is 5.56 Å². The molecule has 1 amide bonds. The van der Waals surface area contributed by atoms with E-state index in [-0.39, 0.29) is 5.91 Å². The van der Waals surface area contributed by atoms with Gasteiger partial charge in [0.25, 0.3) is 5.91 Å². The molecule has 0 fully saturated rings. The first-order valence-electron chi connectivity index (χ1n) is 8.01. The van der Waals surface area contributed by atoms with Crippen LogP contribution >= 0.6 is 0 Å². The van der Waals surface area contributed by atoms with E-state index in [1.807, 2.05) is 60.7 Å². The van der Waals surface area contributed by atoms with Gasteiger partial charge in [0.2, 0.25) is 0 Å². The predicted octanol–water partition coefficient (Wildman–Crippen LogP) is 5.15. The summed E-state index contributed by atoms with van der Waals surface area (Å²) in [5.41, 5.74) is 5.83. The van der Waals surface area contributed by atoms with Crippen molar-refractivity contribution < 1.29 is 4.79 Å². The van der Waals surface area contributed by atoms with Crippen LogP contribution in [-0.2, 0) is 0 Å². The third-order valence-corrected chi connectivity index (χ3v) is 4.24. The summed E-state index contributed by atoms with van der Waals surface area (Å²) < 4.78 is 0. The Hall–Kier alpha value is -3.13. The van der Waals surface area contributed by atoms with Gasteiger partial charge in [-0.15, -0.1) is 0 Å². The normalized spacial score (nSPS) is 15.0. The highest BCUT2D eigenvalue weighted by Gasteiger charge is 2.32. The molecule has 2 heteroatoms. The molecule has 0 atom stereocenters. The number of para-hydroxylation sites is 1. The number of hydrogen-bond donors (Lipinski definition) is 0. The summed E-state index contributed by atoms with van der Waals surface area (Å²) >= 11 is 0. The molecule has 0 saturated heterocycles. The average Bonchev–Trinajstić information content (AvgIpc) is 2.88. The molecule has 1 aliphatic rings. The summed E-state index contributed by atoms with van der Waals surface area (Å²) in [7, 11) is 0. The lowest BCUT2D eigenvalue weighted by atomic mass is 10.1. The largest absolute Gasteiger partial charge is 0.276 e. The van der Waals surface area contributed by atoms with Crippen LogP contribution in [0.25, 0.3) is 11.8 Å². The Labute approximate surface area is 141 Å². The standard InChI is InChI=1S/C22H17NO/c1-16-8-7-9-17(14-16)15-21-19-12-5-6-13-20(19)22(24)23(21)18-10-3-2-4-11-18/h2-15H,1H3. The number of aryl methyl sites for hydroxylation is 1. The number of benzene rings is 3. The van der Waals surface area contributed by atoms with Crippen LogP contribution in [0.4, 0.5) is 5.69 Å². The fraction of sp³-hybridized carbons (Fsp3) is 0.0455. The Bertz CT molecular complexity index is 941. The van der Waals surface area contributed by atoms with Crippen molar-refractivity contribution in [3.8, 4) is 0 Å². The van der Waals surface area contributed by atoms with Gasteiger partial charge in [-0.25, -0.2) is 0 Å². The van der Waals surface area contributed by atoms with Crippen LogP contribution in [-0.4, -0.2) is 5.91 Å². The second-order valence-corrected chi connectivity index (χ2v) is 5.97.